The number of hydrogen-bond donors (Lipinski definition) is 2. The number of ether oxygens (including phenoxy) is 1. The summed E-state index contributed by atoms with van der Waals surface area (Å²) >= 11 is 1.27. The summed E-state index contributed by atoms with van der Waals surface area (Å²) in [6.45, 7) is 3.90. The second-order valence-corrected chi connectivity index (χ2v) is 8.98. The van der Waals surface area contributed by atoms with Gasteiger partial charge in [0.1, 0.15) is 16.8 Å². The van der Waals surface area contributed by atoms with E-state index in [-0.39, 0.29) is 11.8 Å². The summed E-state index contributed by atoms with van der Waals surface area (Å²) in [5, 5.41) is 14.7. The third-order valence-electron chi connectivity index (χ3n) is 5.25. The van der Waals surface area contributed by atoms with Crippen molar-refractivity contribution in [2.45, 2.75) is 84.1 Å². The van der Waals surface area contributed by atoms with Gasteiger partial charge in [0.15, 0.2) is 0 Å². The number of methoxy groups -OCH3 is 1. The Morgan fingerprint density at radius 1 is 1.03 bits per heavy atom. The van der Waals surface area contributed by atoms with Crippen molar-refractivity contribution < 1.29 is 14.3 Å². The molecule has 1 atom stereocenters. The van der Waals surface area contributed by atoms with E-state index in [1.165, 1.54) is 56.3 Å². The zero-order valence-corrected chi connectivity index (χ0v) is 20.3. The minimum absolute atomic E-state index is 0.0927. The number of rotatable bonds is 15. The zero-order valence-electron chi connectivity index (χ0n) is 19.5. The smallest absolute Gasteiger partial charge is 0.248 e. The molecule has 176 valence electrons. The van der Waals surface area contributed by atoms with Crippen LogP contribution in [0.3, 0.4) is 0 Å². The lowest BCUT2D eigenvalue weighted by Crippen LogP contribution is -2.41. The van der Waals surface area contributed by atoms with Gasteiger partial charge in [-0.15, -0.1) is 10.2 Å². The fourth-order valence-corrected chi connectivity index (χ4v) is 4.08. The Morgan fingerprint density at radius 3 is 2.41 bits per heavy atom. The van der Waals surface area contributed by atoms with Gasteiger partial charge in [0.05, 0.1) is 7.11 Å². The molecule has 7 nitrogen and oxygen atoms in total. The summed E-state index contributed by atoms with van der Waals surface area (Å²) < 4.78 is 5.23. The third-order valence-corrected chi connectivity index (χ3v) is 6.14. The Labute approximate surface area is 195 Å². The van der Waals surface area contributed by atoms with Gasteiger partial charge < -0.3 is 10.1 Å². The highest BCUT2D eigenvalue weighted by atomic mass is 32.1. The quantitative estimate of drug-likeness (QED) is 0.339. The number of hydrogen-bond acceptors (Lipinski definition) is 6. The highest BCUT2D eigenvalue weighted by molar-refractivity contribution is 7.18. The van der Waals surface area contributed by atoms with Crippen LogP contribution in [-0.4, -0.2) is 35.2 Å². The summed E-state index contributed by atoms with van der Waals surface area (Å²) in [5.74, 6) is 0.329. The molecule has 0 unspecified atom stereocenters. The van der Waals surface area contributed by atoms with Crippen molar-refractivity contribution in [3.8, 4) is 16.3 Å². The van der Waals surface area contributed by atoms with Crippen molar-refractivity contribution in [2.75, 3.05) is 12.4 Å². The zero-order chi connectivity index (χ0) is 23.2. The molecule has 2 amide bonds. The first-order valence-corrected chi connectivity index (χ1v) is 12.4. The summed E-state index contributed by atoms with van der Waals surface area (Å²) in [6, 6.07) is 6.86. The minimum Gasteiger partial charge on any atom is -0.497 e. The largest absolute Gasteiger partial charge is 0.497 e. The number of carbonyl (C=O) groups excluding carboxylic acids is 2. The van der Waals surface area contributed by atoms with Crippen LogP contribution < -0.4 is 15.4 Å². The molecule has 2 aromatic rings. The molecule has 1 heterocycles. The Kier molecular flexibility index (Phi) is 11.7. The van der Waals surface area contributed by atoms with Crippen LogP contribution in [0.1, 0.15) is 78.1 Å². The van der Waals surface area contributed by atoms with Crippen molar-refractivity contribution in [1.82, 2.24) is 15.5 Å². The van der Waals surface area contributed by atoms with Gasteiger partial charge in [0.25, 0.3) is 0 Å². The van der Waals surface area contributed by atoms with E-state index in [1.54, 1.807) is 14.0 Å². The van der Waals surface area contributed by atoms with E-state index in [9.17, 15) is 9.59 Å². The lowest BCUT2D eigenvalue weighted by molar-refractivity contribution is -0.126. The highest BCUT2D eigenvalue weighted by Gasteiger charge is 2.17. The van der Waals surface area contributed by atoms with E-state index in [0.29, 0.717) is 16.6 Å². The first-order chi connectivity index (χ1) is 15.5. The van der Waals surface area contributed by atoms with Crippen LogP contribution in [0.2, 0.25) is 0 Å². The molecule has 2 N–H and O–H groups in total. The molecule has 0 aliphatic carbocycles. The Bertz CT molecular complexity index is 840. The number of aromatic nitrogens is 2. The van der Waals surface area contributed by atoms with Crippen molar-refractivity contribution in [3.05, 3.63) is 24.3 Å². The topological polar surface area (TPSA) is 93.2 Å². The van der Waals surface area contributed by atoms with Gasteiger partial charge in [-0.25, -0.2) is 0 Å². The standard InChI is InChI=1S/C24H36N4O3S/c1-4-5-6-7-8-9-10-11-12-16-21(29)25-18(2)22(30)26-24-28-27-23(32-24)19-14-13-15-20(17-19)31-3/h13-15,17-18H,4-12,16H2,1-3H3,(H,25,29)(H,26,28,30)/t18-/m1/s1. The van der Waals surface area contributed by atoms with Crippen LogP contribution in [0.15, 0.2) is 24.3 Å². The van der Waals surface area contributed by atoms with Crippen LogP contribution in [-0.2, 0) is 9.59 Å². The van der Waals surface area contributed by atoms with Gasteiger partial charge >= 0.3 is 0 Å². The highest BCUT2D eigenvalue weighted by Crippen LogP contribution is 2.28. The predicted octanol–water partition coefficient (Wildman–Crippen LogP) is 5.58. The summed E-state index contributed by atoms with van der Waals surface area (Å²) in [6.07, 6.45) is 11.3. The molecule has 0 spiro atoms. The van der Waals surface area contributed by atoms with E-state index in [2.05, 4.69) is 27.8 Å². The van der Waals surface area contributed by atoms with Crippen molar-refractivity contribution in [1.29, 1.82) is 0 Å². The van der Waals surface area contributed by atoms with E-state index in [4.69, 9.17) is 4.74 Å². The lowest BCUT2D eigenvalue weighted by Gasteiger charge is -2.12. The fraction of sp³-hybridized carbons (Fsp3) is 0.583. The lowest BCUT2D eigenvalue weighted by atomic mass is 10.1. The van der Waals surface area contributed by atoms with Crippen molar-refractivity contribution in [2.24, 2.45) is 0 Å². The van der Waals surface area contributed by atoms with E-state index < -0.39 is 6.04 Å². The molecule has 0 aliphatic rings. The van der Waals surface area contributed by atoms with Gasteiger partial charge in [-0.3, -0.25) is 14.9 Å². The molecular weight excluding hydrogens is 424 g/mol. The Hall–Kier alpha value is -2.48. The molecule has 2 rings (SSSR count). The molecule has 1 aromatic carbocycles. The second-order valence-electron chi connectivity index (χ2n) is 8.00. The molecule has 32 heavy (non-hydrogen) atoms. The van der Waals surface area contributed by atoms with E-state index in [0.717, 1.165) is 24.2 Å². The van der Waals surface area contributed by atoms with Gasteiger partial charge in [-0.2, -0.15) is 0 Å². The molecule has 1 aromatic heterocycles. The second kappa shape index (κ2) is 14.6. The maximum atomic E-state index is 12.4. The average molecular weight is 461 g/mol. The van der Waals surface area contributed by atoms with Gasteiger partial charge in [-0.05, 0) is 25.5 Å². The minimum atomic E-state index is -0.634. The first-order valence-electron chi connectivity index (χ1n) is 11.6. The molecule has 0 aliphatic heterocycles. The average Bonchev–Trinajstić information content (AvgIpc) is 3.26. The van der Waals surface area contributed by atoms with Crippen LogP contribution in [0.4, 0.5) is 5.13 Å². The van der Waals surface area contributed by atoms with Crippen LogP contribution in [0, 0.1) is 0 Å². The number of anilines is 1. The SMILES string of the molecule is CCCCCCCCCCCC(=O)N[C@H](C)C(=O)Nc1nnc(-c2cccc(OC)c2)s1. The van der Waals surface area contributed by atoms with Gasteiger partial charge in [0, 0.05) is 12.0 Å². The molecule has 8 heteroatoms. The Morgan fingerprint density at radius 2 is 1.72 bits per heavy atom. The molecule has 0 saturated carbocycles. The maximum absolute atomic E-state index is 12.4. The van der Waals surface area contributed by atoms with Crippen molar-refractivity contribution >= 4 is 28.3 Å². The van der Waals surface area contributed by atoms with E-state index >= 15 is 0 Å². The number of amides is 2. The number of nitrogens with zero attached hydrogens (tertiary/aromatic N) is 2. The summed E-state index contributed by atoms with van der Waals surface area (Å²) in [4.78, 5) is 24.5. The van der Waals surface area contributed by atoms with Gasteiger partial charge in [-0.1, -0.05) is 81.8 Å². The maximum Gasteiger partial charge on any atom is 0.248 e. The Balaban J connectivity index is 1.66. The normalized spacial score (nSPS) is 11.7. The third kappa shape index (κ3) is 9.34. The molecular formula is C24H36N4O3S. The fourth-order valence-electron chi connectivity index (χ4n) is 3.34. The monoisotopic (exact) mass is 460 g/mol. The number of carbonyl (C=O) groups is 2. The molecule has 0 saturated heterocycles. The molecule has 0 bridgehead atoms. The van der Waals surface area contributed by atoms with Gasteiger partial charge in [0.2, 0.25) is 16.9 Å². The van der Waals surface area contributed by atoms with Crippen LogP contribution >= 0.6 is 11.3 Å². The predicted molar refractivity (Wildman–Crippen MR) is 130 cm³/mol. The molecule has 0 radical (unpaired) electrons. The van der Waals surface area contributed by atoms with Crippen LogP contribution in [0.25, 0.3) is 10.6 Å². The summed E-state index contributed by atoms with van der Waals surface area (Å²) in [7, 11) is 1.61. The molecule has 0 fully saturated rings. The number of benzene rings is 1. The van der Waals surface area contributed by atoms with Crippen LogP contribution in [0.5, 0.6) is 5.75 Å². The number of unbranched alkanes of at least 4 members (excludes halogenated alkanes) is 8. The number of nitrogens with one attached hydrogen (secondary N) is 2. The van der Waals surface area contributed by atoms with E-state index in [1.807, 2.05) is 24.3 Å². The van der Waals surface area contributed by atoms with Crippen molar-refractivity contribution in [3.63, 3.8) is 0 Å². The summed E-state index contributed by atoms with van der Waals surface area (Å²) in [5.41, 5.74) is 0.865. The first kappa shape index (κ1) is 25.8.